The van der Waals surface area contributed by atoms with Crippen LogP contribution in [0.25, 0.3) is 0 Å². The molecule has 0 amide bonds. The molecule has 1 heterocycles. The van der Waals surface area contributed by atoms with Crippen molar-refractivity contribution in [1.82, 2.24) is 0 Å². The quantitative estimate of drug-likeness (QED) is 0.248. The third kappa shape index (κ3) is 4.79. The lowest BCUT2D eigenvalue weighted by molar-refractivity contribution is -0.315. The Bertz CT molecular complexity index is 1030. The summed E-state index contributed by atoms with van der Waals surface area (Å²) in [7, 11) is -4.62. The number of allylic oxidation sites excluding steroid dienone is 2. The molecule has 0 aromatic carbocycles. The van der Waals surface area contributed by atoms with E-state index in [-0.39, 0.29) is 28.6 Å². The smallest absolute Gasteiger partial charge is 0.393 e. The Balaban J connectivity index is 1.48. The molecule has 5 rings (SSSR count). The van der Waals surface area contributed by atoms with E-state index in [1.165, 1.54) is 5.57 Å². The number of hydrogen-bond acceptors (Lipinski definition) is 9. The number of fused-ring (bicyclic) bond motifs is 5. The summed E-state index contributed by atoms with van der Waals surface area (Å²) in [6, 6.07) is 0. The Morgan fingerprint density at radius 2 is 1.76 bits per heavy atom. The summed E-state index contributed by atoms with van der Waals surface area (Å²) in [5.74, 6) is 0.562. The van der Waals surface area contributed by atoms with E-state index in [0.717, 1.165) is 19.3 Å². The molecule has 1 saturated heterocycles. The van der Waals surface area contributed by atoms with Crippen molar-refractivity contribution in [3.8, 4) is 0 Å². The average molecular weight is 561 g/mol. The van der Waals surface area contributed by atoms with Crippen molar-refractivity contribution in [1.29, 1.82) is 0 Å². The molecule has 5 N–H and O–H groups in total. The second kappa shape index (κ2) is 10.0. The highest BCUT2D eigenvalue weighted by Crippen LogP contribution is 2.66. The van der Waals surface area contributed by atoms with Gasteiger partial charge in [-0.05, 0) is 93.3 Å². The fourth-order valence-electron chi connectivity index (χ4n) is 9.05. The molecular weight excluding hydrogens is 516 g/mol. The van der Waals surface area contributed by atoms with Crippen LogP contribution in [0.4, 0.5) is 0 Å². The van der Waals surface area contributed by atoms with E-state index < -0.39 is 59.4 Å². The van der Waals surface area contributed by atoms with E-state index in [1.54, 1.807) is 6.92 Å². The largest absolute Gasteiger partial charge is 0.397 e. The van der Waals surface area contributed by atoms with Crippen LogP contribution < -0.4 is 0 Å². The molecule has 4 aliphatic carbocycles. The van der Waals surface area contributed by atoms with Crippen LogP contribution in [0.2, 0.25) is 0 Å². The topological polar surface area (TPSA) is 163 Å². The summed E-state index contributed by atoms with van der Waals surface area (Å²) in [5.41, 5.74) is 0.993. The van der Waals surface area contributed by atoms with E-state index >= 15 is 0 Å². The van der Waals surface area contributed by atoms with Gasteiger partial charge in [0.1, 0.15) is 18.3 Å². The molecule has 0 radical (unpaired) electrons. The third-order valence-corrected chi connectivity index (χ3v) is 11.5. The highest BCUT2D eigenvalue weighted by molar-refractivity contribution is 7.80. The zero-order valence-electron chi connectivity index (χ0n) is 22.6. The molecule has 0 aromatic rings. The van der Waals surface area contributed by atoms with Crippen LogP contribution in [0.5, 0.6) is 0 Å². The van der Waals surface area contributed by atoms with Crippen LogP contribution in [-0.4, -0.2) is 82.4 Å². The molecule has 0 bridgehead atoms. The van der Waals surface area contributed by atoms with Crippen molar-refractivity contribution in [2.75, 3.05) is 0 Å². The zero-order chi connectivity index (χ0) is 27.8. The van der Waals surface area contributed by atoms with Crippen LogP contribution >= 0.6 is 0 Å². The minimum Gasteiger partial charge on any atom is -0.393 e. The van der Waals surface area contributed by atoms with Gasteiger partial charge in [0.05, 0.1) is 24.4 Å². The van der Waals surface area contributed by atoms with Crippen LogP contribution in [0.1, 0.15) is 72.6 Å². The van der Waals surface area contributed by atoms with Gasteiger partial charge in [-0.15, -0.1) is 0 Å². The second-order valence-electron chi connectivity index (χ2n) is 13.0. The number of ether oxygens (including phenoxy) is 2. The molecule has 10 nitrogen and oxygen atoms in total. The standard InChI is InChI=1S/C27H44O10S/c1-13(28)17-5-6-18-16-12-21(36-25-24(31)23(30)22(29)14(2)35-25)20-11-15(37-38(32,33)34)7-9-27(20,4)19(16)8-10-26(17,18)3/h8,13-18,20-25,28-31H,5-7,9-12H2,1-4H3,(H,32,33,34)/t13-,14?,15?,16?,17?,18?,20?,21+,22?,23?,24?,25?,26?,27?/m1/s1. The van der Waals surface area contributed by atoms with E-state index in [2.05, 4.69) is 19.9 Å². The Morgan fingerprint density at radius 3 is 2.42 bits per heavy atom. The summed E-state index contributed by atoms with van der Waals surface area (Å²) < 4.78 is 49.7. The Hall–Kier alpha value is -0.630. The minimum atomic E-state index is -4.62. The first kappa shape index (κ1) is 28.9. The van der Waals surface area contributed by atoms with Gasteiger partial charge in [0.25, 0.3) is 0 Å². The first-order valence-electron chi connectivity index (χ1n) is 14.0. The highest BCUT2D eigenvalue weighted by atomic mass is 32.3. The monoisotopic (exact) mass is 560 g/mol. The van der Waals surface area contributed by atoms with Gasteiger partial charge in [0.15, 0.2) is 6.29 Å². The minimum absolute atomic E-state index is 0.0446. The molecule has 4 fully saturated rings. The van der Waals surface area contributed by atoms with Gasteiger partial charge >= 0.3 is 10.4 Å². The van der Waals surface area contributed by atoms with E-state index in [4.69, 9.17) is 13.7 Å². The molecule has 38 heavy (non-hydrogen) atoms. The van der Waals surface area contributed by atoms with Crippen LogP contribution in [-0.2, 0) is 24.1 Å². The molecule has 1 aliphatic heterocycles. The molecule has 0 spiro atoms. The average Bonchev–Trinajstić information content (AvgIpc) is 3.18. The van der Waals surface area contributed by atoms with Gasteiger partial charge in [0, 0.05) is 0 Å². The molecule has 12 unspecified atom stereocenters. The highest BCUT2D eigenvalue weighted by Gasteiger charge is 2.61. The lowest BCUT2D eigenvalue weighted by atomic mass is 9.48. The van der Waals surface area contributed by atoms with Crippen LogP contribution in [0, 0.1) is 34.5 Å². The summed E-state index contributed by atoms with van der Waals surface area (Å²) >= 11 is 0. The van der Waals surface area contributed by atoms with Crippen molar-refractivity contribution < 1.29 is 47.1 Å². The number of rotatable bonds is 5. The fraction of sp³-hybridized carbons (Fsp3) is 0.926. The number of hydrogen-bond donors (Lipinski definition) is 5. The Labute approximate surface area is 225 Å². The van der Waals surface area contributed by atoms with Crippen molar-refractivity contribution in [3.63, 3.8) is 0 Å². The molecule has 14 atom stereocenters. The molecule has 3 saturated carbocycles. The normalized spacial score (nSPS) is 51.9. The maximum Gasteiger partial charge on any atom is 0.397 e. The molecule has 218 valence electrons. The lowest BCUT2D eigenvalue weighted by Gasteiger charge is -2.59. The number of aliphatic hydroxyl groups is 4. The first-order chi connectivity index (χ1) is 17.7. The fourth-order valence-corrected chi connectivity index (χ4v) is 9.56. The van der Waals surface area contributed by atoms with Gasteiger partial charge in [-0.3, -0.25) is 4.55 Å². The van der Waals surface area contributed by atoms with Crippen molar-refractivity contribution in [2.45, 2.75) is 122 Å². The second-order valence-corrected chi connectivity index (χ2v) is 14.1. The SMILES string of the molecule is CC1OC(O[C@H]2CC3C(=CCC4(C)C3CCC4[C@@H](C)O)C3(C)CCC(OS(=O)(=O)O)CC23)C(O)C(O)C1O. The summed E-state index contributed by atoms with van der Waals surface area (Å²) in [6.07, 6.45) is -0.291. The number of aliphatic hydroxyl groups excluding tert-OH is 4. The van der Waals surface area contributed by atoms with Crippen molar-refractivity contribution in [3.05, 3.63) is 11.6 Å². The van der Waals surface area contributed by atoms with Crippen LogP contribution in [0.3, 0.4) is 0 Å². The Morgan fingerprint density at radius 1 is 1.05 bits per heavy atom. The van der Waals surface area contributed by atoms with Crippen molar-refractivity contribution >= 4 is 10.4 Å². The molecular formula is C27H44O10S. The van der Waals surface area contributed by atoms with Gasteiger partial charge < -0.3 is 29.9 Å². The van der Waals surface area contributed by atoms with E-state index in [0.29, 0.717) is 31.6 Å². The molecule has 11 heteroatoms. The summed E-state index contributed by atoms with van der Waals surface area (Å²) in [4.78, 5) is 0. The van der Waals surface area contributed by atoms with Gasteiger partial charge in [-0.25, -0.2) is 4.18 Å². The lowest BCUT2D eigenvalue weighted by Crippen LogP contribution is -2.60. The van der Waals surface area contributed by atoms with E-state index in [9.17, 15) is 33.4 Å². The van der Waals surface area contributed by atoms with Gasteiger partial charge in [-0.1, -0.05) is 25.5 Å². The third-order valence-electron chi connectivity index (χ3n) is 11.0. The summed E-state index contributed by atoms with van der Waals surface area (Å²) in [6.45, 7) is 7.96. The maximum atomic E-state index is 11.5. The zero-order valence-corrected chi connectivity index (χ0v) is 23.5. The Kier molecular flexibility index (Phi) is 7.62. The molecule has 0 aromatic heterocycles. The predicted octanol–water partition coefficient (Wildman–Crippen LogP) is 1.96. The predicted molar refractivity (Wildman–Crippen MR) is 136 cm³/mol. The van der Waals surface area contributed by atoms with Gasteiger partial charge in [0.2, 0.25) is 0 Å². The molecule has 5 aliphatic rings. The van der Waals surface area contributed by atoms with Crippen molar-refractivity contribution in [2.24, 2.45) is 34.5 Å². The summed E-state index contributed by atoms with van der Waals surface area (Å²) in [5, 5.41) is 41.8. The van der Waals surface area contributed by atoms with Gasteiger partial charge in [-0.2, -0.15) is 8.42 Å². The van der Waals surface area contributed by atoms with Crippen LogP contribution in [0.15, 0.2) is 11.6 Å². The maximum absolute atomic E-state index is 11.5. The van der Waals surface area contributed by atoms with E-state index in [1.807, 2.05) is 6.92 Å². The first-order valence-corrected chi connectivity index (χ1v) is 15.4.